The molecule has 5 nitrogen and oxygen atoms in total. The third-order valence-corrected chi connectivity index (χ3v) is 3.49. The lowest BCUT2D eigenvalue weighted by Gasteiger charge is -2.31. The fourth-order valence-corrected chi connectivity index (χ4v) is 2.46. The number of aryl methyl sites for hydroxylation is 1. The Kier molecular flexibility index (Phi) is 4.24. The minimum atomic E-state index is -0.188. The van der Waals surface area contributed by atoms with Crippen LogP contribution in [0.4, 0.5) is 0 Å². The Bertz CT molecular complexity index is 467. The fraction of sp³-hybridized carbons (Fsp3) is 0.571. The predicted octanol–water partition coefficient (Wildman–Crippen LogP) is 1.44. The Hall–Kier alpha value is -1.78. The predicted molar refractivity (Wildman–Crippen MR) is 70.7 cm³/mol. The molecule has 1 aliphatic rings. The highest BCUT2D eigenvalue weighted by Crippen LogP contribution is 2.19. The molecule has 5 heteroatoms. The number of esters is 1. The van der Waals surface area contributed by atoms with Crippen molar-refractivity contribution in [3.63, 3.8) is 0 Å². The minimum absolute atomic E-state index is 0.0125. The van der Waals surface area contributed by atoms with Crippen LogP contribution in [0.15, 0.2) is 18.3 Å². The van der Waals surface area contributed by atoms with E-state index in [9.17, 15) is 9.59 Å². The topological polar surface area (TPSA) is 51.5 Å². The normalized spacial score (nSPS) is 19.3. The molecule has 1 atom stereocenters. The van der Waals surface area contributed by atoms with Crippen LogP contribution in [0.1, 0.15) is 30.3 Å². The molecule has 19 heavy (non-hydrogen) atoms. The number of hydrogen-bond donors (Lipinski definition) is 0. The third-order valence-electron chi connectivity index (χ3n) is 3.49. The lowest BCUT2D eigenvalue weighted by Crippen LogP contribution is -2.43. The maximum atomic E-state index is 12.4. The highest BCUT2D eigenvalue weighted by atomic mass is 16.5. The third kappa shape index (κ3) is 2.97. The van der Waals surface area contributed by atoms with E-state index in [1.54, 1.807) is 22.5 Å². The van der Waals surface area contributed by atoms with Crippen molar-refractivity contribution in [2.24, 2.45) is 13.0 Å². The molecule has 1 aromatic heterocycles. The van der Waals surface area contributed by atoms with E-state index in [1.165, 1.54) is 0 Å². The van der Waals surface area contributed by atoms with Gasteiger partial charge in [0.15, 0.2) is 0 Å². The standard InChI is InChI=1S/C14H20N2O3/c1-3-19-14(18)11-6-4-9-16(10-11)13(17)12-7-5-8-15(12)2/h5,7-8,11H,3-4,6,9-10H2,1-2H3. The van der Waals surface area contributed by atoms with Crippen molar-refractivity contribution >= 4 is 11.9 Å². The highest BCUT2D eigenvalue weighted by Gasteiger charge is 2.30. The Morgan fingerprint density at radius 2 is 2.26 bits per heavy atom. The summed E-state index contributed by atoms with van der Waals surface area (Å²) in [6, 6.07) is 3.65. The second-order valence-electron chi connectivity index (χ2n) is 4.85. The first-order valence-electron chi connectivity index (χ1n) is 6.70. The van der Waals surface area contributed by atoms with E-state index in [-0.39, 0.29) is 17.8 Å². The molecule has 0 aliphatic carbocycles. The molecule has 1 aromatic rings. The number of aromatic nitrogens is 1. The van der Waals surface area contributed by atoms with E-state index in [0.717, 1.165) is 12.8 Å². The molecule has 2 heterocycles. The number of rotatable bonds is 3. The Morgan fingerprint density at radius 3 is 2.89 bits per heavy atom. The van der Waals surface area contributed by atoms with Gasteiger partial charge in [-0.1, -0.05) is 0 Å². The molecule has 1 saturated heterocycles. The molecule has 0 spiro atoms. The molecule has 2 rings (SSSR count). The molecule has 0 N–H and O–H groups in total. The monoisotopic (exact) mass is 264 g/mol. The van der Waals surface area contributed by atoms with E-state index in [0.29, 0.717) is 25.4 Å². The first kappa shape index (κ1) is 13.6. The molecular weight excluding hydrogens is 244 g/mol. The van der Waals surface area contributed by atoms with Gasteiger partial charge in [0.1, 0.15) is 5.69 Å². The van der Waals surface area contributed by atoms with Crippen LogP contribution >= 0.6 is 0 Å². The van der Waals surface area contributed by atoms with Crippen LogP contribution in [-0.2, 0) is 16.6 Å². The average molecular weight is 264 g/mol. The van der Waals surface area contributed by atoms with Gasteiger partial charge >= 0.3 is 5.97 Å². The quantitative estimate of drug-likeness (QED) is 0.776. The zero-order chi connectivity index (χ0) is 13.8. The summed E-state index contributed by atoms with van der Waals surface area (Å²) in [6.45, 7) is 3.36. The first-order chi connectivity index (χ1) is 9.13. The molecule has 0 radical (unpaired) electrons. The number of likely N-dealkylation sites (tertiary alicyclic amines) is 1. The van der Waals surface area contributed by atoms with Crippen molar-refractivity contribution in [2.45, 2.75) is 19.8 Å². The van der Waals surface area contributed by atoms with Gasteiger partial charge in [0.2, 0.25) is 0 Å². The summed E-state index contributed by atoms with van der Waals surface area (Å²) in [5.74, 6) is -0.383. The second-order valence-corrected chi connectivity index (χ2v) is 4.85. The van der Waals surface area contributed by atoms with Gasteiger partial charge in [0, 0.05) is 26.3 Å². The Balaban J connectivity index is 2.03. The summed E-state index contributed by atoms with van der Waals surface area (Å²) in [6.07, 6.45) is 3.50. The fourth-order valence-electron chi connectivity index (χ4n) is 2.46. The number of nitrogens with zero attached hydrogens (tertiary/aromatic N) is 2. The van der Waals surface area contributed by atoms with Gasteiger partial charge in [-0.15, -0.1) is 0 Å². The molecule has 1 unspecified atom stereocenters. The molecule has 1 fully saturated rings. The van der Waals surface area contributed by atoms with Crippen LogP contribution in [-0.4, -0.2) is 41.0 Å². The second kappa shape index (κ2) is 5.91. The highest BCUT2D eigenvalue weighted by molar-refractivity contribution is 5.93. The largest absolute Gasteiger partial charge is 0.466 e. The van der Waals surface area contributed by atoms with Gasteiger partial charge in [0.05, 0.1) is 12.5 Å². The van der Waals surface area contributed by atoms with Crippen molar-refractivity contribution < 1.29 is 14.3 Å². The average Bonchev–Trinajstić information content (AvgIpc) is 2.84. The number of carbonyl (C=O) groups is 2. The molecule has 104 valence electrons. The zero-order valence-corrected chi connectivity index (χ0v) is 11.5. The van der Waals surface area contributed by atoms with Crippen LogP contribution < -0.4 is 0 Å². The van der Waals surface area contributed by atoms with Gasteiger partial charge in [-0.3, -0.25) is 9.59 Å². The van der Waals surface area contributed by atoms with Crippen molar-refractivity contribution in [1.82, 2.24) is 9.47 Å². The molecule has 0 saturated carbocycles. The Morgan fingerprint density at radius 1 is 1.47 bits per heavy atom. The summed E-state index contributed by atoms with van der Waals surface area (Å²) in [5.41, 5.74) is 0.657. The van der Waals surface area contributed by atoms with Crippen molar-refractivity contribution in [2.75, 3.05) is 19.7 Å². The van der Waals surface area contributed by atoms with Crippen LogP contribution in [0, 0.1) is 5.92 Å². The first-order valence-corrected chi connectivity index (χ1v) is 6.70. The number of hydrogen-bond acceptors (Lipinski definition) is 3. The van der Waals surface area contributed by atoms with Crippen LogP contribution in [0.5, 0.6) is 0 Å². The van der Waals surface area contributed by atoms with Crippen LogP contribution in [0.3, 0.4) is 0 Å². The van der Waals surface area contributed by atoms with Crippen LogP contribution in [0.2, 0.25) is 0 Å². The van der Waals surface area contributed by atoms with E-state index >= 15 is 0 Å². The lowest BCUT2D eigenvalue weighted by atomic mass is 9.98. The smallest absolute Gasteiger partial charge is 0.310 e. The number of amides is 1. The van der Waals surface area contributed by atoms with Gasteiger partial charge in [-0.2, -0.15) is 0 Å². The lowest BCUT2D eigenvalue weighted by molar-refractivity contribution is -0.149. The van der Waals surface area contributed by atoms with E-state index in [4.69, 9.17) is 4.74 Å². The van der Waals surface area contributed by atoms with E-state index in [2.05, 4.69) is 0 Å². The summed E-state index contributed by atoms with van der Waals surface area (Å²) >= 11 is 0. The zero-order valence-electron chi connectivity index (χ0n) is 11.5. The van der Waals surface area contributed by atoms with Gasteiger partial charge in [-0.25, -0.2) is 0 Å². The van der Waals surface area contributed by atoms with E-state index < -0.39 is 0 Å². The number of carbonyl (C=O) groups excluding carboxylic acids is 2. The maximum absolute atomic E-state index is 12.4. The summed E-state index contributed by atoms with van der Waals surface area (Å²) < 4.78 is 6.84. The Labute approximate surface area is 113 Å². The number of piperidine rings is 1. The SMILES string of the molecule is CCOC(=O)C1CCCN(C(=O)c2cccn2C)C1. The molecule has 0 aromatic carbocycles. The van der Waals surface area contributed by atoms with Gasteiger partial charge < -0.3 is 14.2 Å². The summed E-state index contributed by atoms with van der Waals surface area (Å²) in [5, 5.41) is 0. The summed E-state index contributed by atoms with van der Waals surface area (Å²) in [4.78, 5) is 25.9. The molecule has 0 bridgehead atoms. The van der Waals surface area contributed by atoms with Crippen molar-refractivity contribution in [1.29, 1.82) is 0 Å². The maximum Gasteiger partial charge on any atom is 0.310 e. The van der Waals surface area contributed by atoms with Crippen LogP contribution in [0.25, 0.3) is 0 Å². The van der Waals surface area contributed by atoms with E-state index in [1.807, 2.05) is 19.3 Å². The molecular formula is C14H20N2O3. The van der Waals surface area contributed by atoms with Crippen molar-refractivity contribution in [3.8, 4) is 0 Å². The molecule has 1 aliphatic heterocycles. The van der Waals surface area contributed by atoms with Gasteiger partial charge in [0.25, 0.3) is 5.91 Å². The summed E-state index contributed by atoms with van der Waals surface area (Å²) in [7, 11) is 1.85. The minimum Gasteiger partial charge on any atom is -0.466 e. The van der Waals surface area contributed by atoms with Crippen molar-refractivity contribution in [3.05, 3.63) is 24.0 Å². The van der Waals surface area contributed by atoms with Gasteiger partial charge in [-0.05, 0) is 31.9 Å². The molecule has 1 amide bonds. The number of ether oxygens (including phenoxy) is 1.